The van der Waals surface area contributed by atoms with Gasteiger partial charge < -0.3 is 5.32 Å². The van der Waals surface area contributed by atoms with Gasteiger partial charge in [-0.3, -0.25) is 9.52 Å². The van der Waals surface area contributed by atoms with E-state index in [2.05, 4.69) is 10.0 Å². The summed E-state index contributed by atoms with van der Waals surface area (Å²) in [6.45, 7) is 5.63. The molecule has 1 aliphatic rings. The minimum Gasteiger partial charge on any atom is -0.349 e. The molecule has 0 aliphatic heterocycles. The minimum absolute atomic E-state index is 0.156. The van der Waals surface area contributed by atoms with E-state index >= 15 is 0 Å². The Morgan fingerprint density at radius 1 is 1.19 bits per heavy atom. The smallest absolute Gasteiger partial charge is 0.349 e. The minimum atomic E-state index is -4.39. The zero-order valence-corrected chi connectivity index (χ0v) is 19.2. The number of benzene rings is 2. The van der Waals surface area contributed by atoms with Crippen LogP contribution in [-0.2, 0) is 32.8 Å². The number of rotatable bonds is 7. The number of carbonyl (C=O) groups is 1. The Hall–Kier alpha value is -2.55. The highest BCUT2D eigenvalue weighted by Gasteiger charge is 2.55. The van der Waals surface area contributed by atoms with E-state index in [0.717, 1.165) is 29.5 Å². The third kappa shape index (κ3) is 5.26. The number of amides is 1. The number of halogens is 3. The van der Waals surface area contributed by atoms with Crippen LogP contribution in [0.4, 0.5) is 18.9 Å². The first-order valence-corrected chi connectivity index (χ1v) is 12.2. The van der Waals surface area contributed by atoms with E-state index in [0.29, 0.717) is 24.1 Å². The highest BCUT2D eigenvalue weighted by molar-refractivity contribution is 7.92. The summed E-state index contributed by atoms with van der Waals surface area (Å²) in [5.74, 6) is -0.477. The molecule has 2 N–H and O–H groups in total. The van der Waals surface area contributed by atoms with Crippen molar-refractivity contribution in [3.63, 3.8) is 0 Å². The van der Waals surface area contributed by atoms with Crippen molar-refractivity contribution >= 4 is 21.6 Å². The van der Waals surface area contributed by atoms with Crippen LogP contribution in [0.1, 0.15) is 55.5 Å². The Morgan fingerprint density at radius 3 is 2.34 bits per heavy atom. The van der Waals surface area contributed by atoms with Gasteiger partial charge in [0.2, 0.25) is 15.9 Å². The SMILES string of the molecule is CCc1cc(C(C)NC(=O)C2C[C@]2(C)c2ccc(C(F)(F)F)cc2)ccc1NS(C)(=O)=O. The number of sulfonamides is 1. The maximum Gasteiger partial charge on any atom is 0.416 e. The lowest BCUT2D eigenvalue weighted by Gasteiger charge is -2.19. The molecule has 174 valence electrons. The van der Waals surface area contributed by atoms with E-state index < -0.39 is 27.2 Å². The maximum absolute atomic E-state index is 12.8. The molecule has 0 radical (unpaired) electrons. The molecule has 0 saturated heterocycles. The molecule has 5 nitrogen and oxygen atoms in total. The third-order valence-corrected chi connectivity index (χ3v) is 6.68. The second-order valence-electron chi connectivity index (χ2n) is 8.62. The molecule has 32 heavy (non-hydrogen) atoms. The Bertz CT molecular complexity index is 1110. The van der Waals surface area contributed by atoms with Gasteiger partial charge in [0, 0.05) is 11.3 Å². The molecule has 0 spiro atoms. The van der Waals surface area contributed by atoms with Crippen molar-refractivity contribution in [1.82, 2.24) is 5.32 Å². The van der Waals surface area contributed by atoms with Gasteiger partial charge in [0.05, 0.1) is 23.5 Å². The Kier molecular flexibility index (Phi) is 6.34. The fourth-order valence-corrected chi connectivity index (χ4v) is 4.58. The lowest BCUT2D eigenvalue weighted by atomic mass is 9.94. The number of alkyl halides is 3. The summed E-state index contributed by atoms with van der Waals surface area (Å²) in [6, 6.07) is 9.99. The first kappa shape index (κ1) is 24.1. The van der Waals surface area contributed by atoms with Crippen LogP contribution in [-0.4, -0.2) is 20.6 Å². The van der Waals surface area contributed by atoms with Crippen molar-refractivity contribution in [3.8, 4) is 0 Å². The molecule has 0 heterocycles. The molecule has 1 amide bonds. The van der Waals surface area contributed by atoms with E-state index in [1.54, 1.807) is 12.1 Å². The molecule has 2 unspecified atom stereocenters. The van der Waals surface area contributed by atoms with Crippen molar-refractivity contribution < 1.29 is 26.4 Å². The van der Waals surface area contributed by atoms with Crippen LogP contribution in [0, 0.1) is 5.92 Å². The summed E-state index contributed by atoms with van der Waals surface area (Å²) in [5, 5.41) is 2.98. The van der Waals surface area contributed by atoms with Crippen LogP contribution in [0.15, 0.2) is 42.5 Å². The quantitative estimate of drug-likeness (QED) is 0.613. The van der Waals surface area contributed by atoms with Crippen LogP contribution in [0.2, 0.25) is 0 Å². The summed E-state index contributed by atoms with van der Waals surface area (Å²) in [7, 11) is -3.40. The standard InChI is InChI=1S/C23H27F3N2O3S/c1-5-15-12-16(6-11-20(15)28-32(4,30)31)14(2)27-21(29)19-13-22(19,3)17-7-9-18(10-8-17)23(24,25)26/h6-12,14,19,28H,5,13H2,1-4H3,(H,27,29)/t14?,19?,22-/m1/s1. The van der Waals surface area contributed by atoms with Crippen molar-refractivity contribution in [1.29, 1.82) is 0 Å². The fourth-order valence-electron chi connectivity index (χ4n) is 3.98. The first-order chi connectivity index (χ1) is 14.7. The predicted molar refractivity (Wildman–Crippen MR) is 118 cm³/mol. The third-order valence-electron chi connectivity index (χ3n) is 6.09. The largest absolute Gasteiger partial charge is 0.416 e. The van der Waals surface area contributed by atoms with Gasteiger partial charge in [-0.2, -0.15) is 13.2 Å². The zero-order valence-electron chi connectivity index (χ0n) is 18.4. The van der Waals surface area contributed by atoms with Crippen LogP contribution in [0.5, 0.6) is 0 Å². The second kappa shape index (κ2) is 8.42. The van der Waals surface area contributed by atoms with Gasteiger partial charge in [0.1, 0.15) is 0 Å². The Labute approximate surface area is 186 Å². The van der Waals surface area contributed by atoms with E-state index in [-0.39, 0.29) is 17.9 Å². The number of carbonyl (C=O) groups excluding carboxylic acids is 1. The monoisotopic (exact) mass is 468 g/mol. The number of hydrogen-bond donors (Lipinski definition) is 2. The van der Waals surface area contributed by atoms with Gasteiger partial charge >= 0.3 is 6.18 Å². The number of nitrogens with one attached hydrogen (secondary N) is 2. The highest BCUT2D eigenvalue weighted by Crippen LogP contribution is 2.54. The average molecular weight is 469 g/mol. The number of anilines is 1. The highest BCUT2D eigenvalue weighted by atomic mass is 32.2. The molecule has 1 fully saturated rings. The molecule has 3 atom stereocenters. The van der Waals surface area contributed by atoms with Crippen LogP contribution in [0.3, 0.4) is 0 Å². The van der Waals surface area contributed by atoms with Gasteiger partial charge in [-0.15, -0.1) is 0 Å². The van der Waals surface area contributed by atoms with Crippen LogP contribution >= 0.6 is 0 Å². The fraction of sp³-hybridized carbons (Fsp3) is 0.435. The first-order valence-electron chi connectivity index (χ1n) is 10.3. The second-order valence-corrected chi connectivity index (χ2v) is 10.4. The van der Waals surface area contributed by atoms with Crippen molar-refractivity contribution in [2.75, 3.05) is 11.0 Å². The molecular weight excluding hydrogens is 441 g/mol. The van der Waals surface area contributed by atoms with Crippen molar-refractivity contribution in [3.05, 3.63) is 64.7 Å². The van der Waals surface area contributed by atoms with Crippen LogP contribution in [0.25, 0.3) is 0 Å². The summed E-state index contributed by atoms with van der Waals surface area (Å²) >= 11 is 0. The van der Waals surface area contributed by atoms with Gasteiger partial charge in [-0.05, 0) is 54.7 Å². The normalized spacial score (nSPS) is 21.7. The molecule has 9 heteroatoms. The van der Waals surface area contributed by atoms with Gasteiger partial charge in [-0.25, -0.2) is 8.42 Å². The lowest BCUT2D eigenvalue weighted by Crippen LogP contribution is -2.30. The molecule has 1 saturated carbocycles. The van der Waals surface area contributed by atoms with E-state index in [4.69, 9.17) is 0 Å². The molecule has 2 aromatic carbocycles. The Morgan fingerprint density at radius 2 is 1.81 bits per heavy atom. The molecule has 0 aromatic heterocycles. The average Bonchev–Trinajstić information content (AvgIpc) is 3.39. The van der Waals surface area contributed by atoms with Crippen molar-refractivity contribution in [2.24, 2.45) is 5.92 Å². The summed E-state index contributed by atoms with van der Waals surface area (Å²) in [4.78, 5) is 12.8. The molecule has 1 aliphatic carbocycles. The summed E-state index contributed by atoms with van der Waals surface area (Å²) in [5.41, 5.74) is 1.67. The predicted octanol–water partition coefficient (Wildman–Crippen LogP) is 4.79. The van der Waals surface area contributed by atoms with E-state index in [1.165, 1.54) is 12.1 Å². The lowest BCUT2D eigenvalue weighted by molar-refractivity contribution is -0.137. The summed E-state index contributed by atoms with van der Waals surface area (Å²) < 4.78 is 64.0. The van der Waals surface area contributed by atoms with Gasteiger partial charge in [0.25, 0.3) is 0 Å². The molecular formula is C23H27F3N2O3S. The van der Waals surface area contributed by atoms with Crippen molar-refractivity contribution in [2.45, 2.75) is 51.2 Å². The van der Waals surface area contributed by atoms with Gasteiger partial charge in [-0.1, -0.05) is 38.1 Å². The number of hydrogen-bond acceptors (Lipinski definition) is 3. The molecule has 0 bridgehead atoms. The molecule has 3 rings (SSSR count). The van der Waals surface area contributed by atoms with E-state index in [9.17, 15) is 26.4 Å². The number of aryl methyl sites for hydroxylation is 1. The summed E-state index contributed by atoms with van der Waals surface area (Å²) in [6.07, 6.45) is -2.12. The zero-order chi connectivity index (χ0) is 23.9. The van der Waals surface area contributed by atoms with Gasteiger partial charge in [0.15, 0.2) is 0 Å². The maximum atomic E-state index is 12.8. The topological polar surface area (TPSA) is 75.3 Å². The van der Waals surface area contributed by atoms with E-state index in [1.807, 2.05) is 26.8 Å². The van der Waals surface area contributed by atoms with Crippen LogP contribution < -0.4 is 10.0 Å². The molecule has 2 aromatic rings. The Balaban J connectivity index is 1.69.